The lowest BCUT2D eigenvalue weighted by atomic mass is 10.3. The molecule has 0 bridgehead atoms. The summed E-state index contributed by atoms with van der Waals surface area (Å²) in [5, 5.41) is 21.1. The summed E-state index contributed by atoms with van der Waals surface area (Å²) in [6, 6.07) is 5.91. The molecule has 2 aromatic heterocycles. The predicted octanol–water partition coefficient (Wildman–Crippen LogP) is 0.586. The molecule has 1 aromatic carbocycles. The summed E-state index contributed by atoms with van der Waals surface area (Å²) in [5.74, 6) is 0.0608. The van der Waals surface area contributed by atoms with Gasteiger partial charge in [0, 0.05) is 0 Å². The van der Waals surface area contributed by atoms with Crippen molar-refractivity contribution < 1.29 is 4.39 Å². The van der Waals surface area contributed by atoms with E-state index in [1.165, 1.54) is 16.8 Å². The Morgan fingerprint density at radius 1 is 1.12 bits per heavy atom. The van der Waals surface area contributed by atoms with Crippen molar-refractivity contribution in [2.24, 2.45) is 0 Å². The number of rotatable bonds is 2. The minimum absolute atomic E-state index is 0.299. The van der Waals surface area contributed by atoms with E-state index < -0.39 is 0 Å². The Hall–Kier alpha value is -2.64. The van der Waals surface area contributed by atoms with Crippen molar-refractivity contribution in [2.75, 3.05) is 0 Å². The van der Waals surface area contributed by atoms with Gasteiger partial charge in [0.25, 0.3) is 0 Å². The molecule has 0 saturated heterocycles. The second-order valence-corrected chi connectivity index (χ2v) is 3.26. The Labute approximate surface area is 94.3 Å². The molecule has 0 aliphatic carbocycles. The van der Waals surface area contributed by atoms with Gasteiger partial charge in [-0.3, -0.25) is 0 Å². The van der Waals surface area contributed by atoms with Crippen LogP contribution in [-0.2, 0) is 0 Å². The highest BCUT2D eigenvalue weighted by Crippen LogP contribution is 2.12. The van der Waals surface area contributed by atoms with Gasteiger partial charge in [-0.05, 0) is 29.5 Å². The van der Waals surface area contributed by atoms with Gasteiger partial charge in [0.05, 0.1) is 11.9 Å². The quantitative estimate of drug-likeness (QED) is 0.697. The molecule has 0 aliphatic heterocycles. The molecule has 0 amide bonds. The van der Waals surface area contributed by atoms with Crippen LogP contribution in [0.25, 0.3) is 17.2 Å². The molecule has 17 heavy (non-hydrogen) atoms. The van der Waals surface area contributed by atoms with Crippen molar-refractivity contribution in [2.45, 2.75) is 0 Å². The molecule has 1 N–H and O–H groups in total. The molecule has 0 saturated carbocycles. The van der Waals surface area contributed by atoms with Crippen molar-refractivity contribution >= 4 is 0 Å². The maximum Gasteiger partial charge on any atom is 0.226 e. The molecule has 8 heteroatoms. The number of nitrogens with zero attached hydrogens (tertiary/aromatic N) is 6. The number of aromatic nitrogens is 7. The zero-order chi connectivity index (χ0) is 11.7. The summed E-state index contributed by atoms with van der Waals surface area (Å²) < 4.78 is 14.3. The minimum Gasteiger partial charge on any atom is -0.220 e. The predicted molar refractivity (Wildman–Crippen MR) is 54.5 cm³/mol. The molecule has 0 unspecified atom stereocenters. The van der Waals surface area contributed by atoms with Crippen LogP contribution in [0.1, 0.15) is 0 Å². The lowest BCUT2D eigenvalue weighted by Gasteiger charge is -1.97. The van der Waals surface area contributed by atoms with E-state index in [1.54, 1.807) is 18.3 Å². The molecule has 0 atom stereocenters. The molecular weight excluding hydrogens is 225 g/mol. The highest BCUT2D eigenvalue weighted by Gasteiger charge is 2.08. The zero-order valence-electron chi connectivity index (χ0n) is 8.45. The van der Waals surface area contributed by atoms with E-state index >= 15 is 0 Å². The number of H-pyrrole nitrogens is 1. The highest BCUT2D eigenvalue weighted by atomic mass is 19.1. The smallest absolute Gasteiger partial charge is 0.220 e. The Morgan fingerprint density at radius 2 is 1.94 bits per heavy atom. The summed E-state index contributed by atoms with van der Waals surface area (Å²) in [7, 11) is 0. The van der Waals surface area contributed by atoms with E-state index in [0.29, 0.717) is 17.2 Å². The third-order valence-corrected chi connectivity index (χ3v) is 2.16. The second kappa shape index (κ2) is 3.74. The number of tetrazole rings is 1. The van der Waals surface area contributed by atoms with Crippen LogP contribution in [0.15, 0.2) is 30.5 Å². The molecule has 0 fully saturated rings. The SMILES string of the molecule is Fc1ccc(-n2cc(-c3nn[nH]n3)nn2)cc1. The fourth-order valence-electron chi connectivity index (χ4n) is 1.36. The average Bonchev–Trinajstić information content (AvgIpc) is 3.00. The van der Waals surface area contributed by atoms with Gasteiger partial charge in [-0.25, -0.2) is 9.07 Å². The number of nitrogens with one attached hydrogen (secondary N) is 1. The fraction of sp³-hybridized carbons (Fsp3) is 0. The maximum absolute atomic E-state index is 12.8. The molecule has 3 aromatic rings. The maximum atomic E-state index is 12.8. The van der Waals surface area contributed by atoms with Gasteiger partial charge in [-0.15, -0.1) is 15.3 Å². The van der Waals surface area contributed by atoms with Gasteiger partial charge in [0.2, 0.25) is 5.82 Å². The van der Waals surface area contributed by atoms with Crippen LogP contribution in [0.5, 0.6) is 0 Å². The summed E-state index contributed by atoms with van der Waals surface area (Å²) in [6.45, 7) is 0. The van der Waals surface area contributed by atoms with Gasteiger partial charge < -0.3 is 0 Å². The van der Waals surface area contributed by atoms with E-state index in [-0.39, 0.29) is 5.82 Å². The first kappa shape index (κ1) is 9.58. The van der Waals surface area contributed by atoms with Crippen LogP contribution < -0.4 is 0 Å². The molecule has 84 valence electrons. The van der Waals surface area contributed by atoms with E-state index in [0.717, 1.165) is 0 Å². The largest absolute Gasteiger partial charge is 0.226 e. The van der Waals surface area contributed by atoms with Crippen molar-refractivity contribution in [3.63, 3.8) is 0 Å². The van der Waals surface area contributed by atoms with Crippen LogP contribution in [0, 0.1) is 5.82 Å². The first-order valence-electron chi connectivity index (χ1n) is 4.75. The monoisotopic (exact) mass is 231 g/mol. The number of halogens is 1. The van der Waals surface area contributed by atoms with E-state index in [9.17, 15) is 4.39 Å². The normalized spacial score (nSPS) is 10.6. The summed E-state index contributed by atoms with van der Waals surface area (Å²) >= 11 is 0. The van der Waals surface area contributed by atoms with Crippen LogP contribution in [-0.4, -0.2) is 35.6 Å². The second-order valence-electron chi connectivity index (χ2n) is 3.26. The minimum atomic E-state index is -0.299. The number of aromatic amines is 1. The topological polar surface area (TPSA) is 85.2 Å². The molecule has 0 aliphatic rings. The van der Waals surface area contributed by atoms with Crippen LogP contribution >= 0.6 is 0 Å². The summed E-state index contributed by atoms with van der Waals surface area (Å²) in [6.07, 6.45) is 1.64. The van der Waals surface area contributed by atoms with E-state index in [2.05, 4.69) is 30.9 Å². The van der Waals surface area contributed by atoms with E-state index in [1.807, 2.05) is 0 Å². The van der Waals surface area contributed by atoms with E-state index in [4.69, 9.17) is 0 Å². The Morgan fingerprint density at radius 3 is 2.65 bits per heavy atom. The van der Waals surface area contributed by atoms with Gasteiger partial charge in [-0.1, -0.05) is 5.21 Å². The van der Waals surface area contributed by atoms with Gasteiger partial charge in [0.1, 0.15) is 5.82 Å². The number of hydrogen-bond acceptors (Lipinski definition) is 5. The molecule has 2 heterocycles. The summed E-state index contributed by atoms with van der Waals surface area (Å²) in [5.41, 5.74) is 1.19. The van der Waals surface area contributed by atoms with Crippen molar-refractivity contribution in [3.05, 3.63) is 36.3 Å². The molecule has 0 radical (unpaired) electrons. The first-order chi connectivity index (χ1) is 8.33. The Kier molecular flexibility index (Phi) is 2.11. The Balaban J connectivity index is 1.98. The lowest BCUT2D eigenvalue weighted by Crippen LogP contribution is -1.94. The summed E-state index contributed by atoms with van der Waals surface area (Å²) in [4.78, 5) is 0. The van der Waals surface area contributed by atoms with Gasteiger partial charge in [0.15, 0.2) is 5.69 Å². The van der Waals surface area contributed by atoms with Crippen LogP contribution in [0.3, 0.4) is 0 Å². The van der Waals surface area contributed by atoms with Gasteiger partial charge in [-0.2, -0.15) is 5.21 Å². The molecule has 0 spiro atoms. The zero-order valence-corrected chi connectivity index (χ0v) is 8.45. The standard InChI is InChI=1S/C9H6FN7/c10-6-1-3-7(4-2-6)17-5-8(11-16-17)9-12-14-15-13-9/h1-5H,(H,12,13,14,15). The fourth-order valence-corrected chi connectivity index (χ4v) is 1.36. The van der Waals surface area contributed by atoms with Crippen molar-refractivity contribution in [1.29, 1.82) is 0 Å². The molecule has 3 rings (SSSR count). The number of hydrogen-bond donors (Lipinski definition) is 1. The third-order valence-electron chi connectivity index (χ3n) is 2.16. The number of benzene rings is 1. The Bertz CT molecular complexity index is 613. The third kappa shape index (κ3) is 1.75. The molecule has 7 nitrogen and oxygen atoms in total. The van der Waals surface area contributed by atoms with Crippen LogP contribution in [0.4, 0.5) is 4.39 Å². The molecular formula is C9H6FN7. The van der Waals surface area contributed by atoms with Gasteiger partial charge >= 0.3 is 0 Å². The first-order valence-corrected chi connectivity index (χ1v) is 4.75. The lowest BCUT2D eigenvalue weighted by molar-refractivity contribution is 0.626. The van der Waals surface area contributed by atoms with Crippen molar-refractivity contribution in [1.82, 2.24) is 35.6 Å². The highest BCUT2D eigenvalue weighted by molar-refractivity contribution is 5.46. The van der Waals surface area contributed by atoms with Crippen molar-refractivity contribution in [3.8, 4) is 17.2 Å². The average molecular weight is 231 g/mol. The van der Waals surface area contributed by atoms with Crippen LogP contribution in [0.2, 0.25) is 0 Å².